The molecule has 2 fully saturated rings. The van der Waals surface area contributed by atoms with Gasteiger partial charge in [0.05, 0.1) is 11.9 Å². The Hall–Kier alpha value is -1.70. The zero-order valence-electron chi connectivity index (χ0n) is 11.9. The molecule has 0 atom stereocenters. The zero-order valence-corrected chi connectivity index (χ0v) is 12.7. The number of aromatic nitrogens is 2. The quantitative estimate of drug-likeness (QED) is 0.870. The molecule has 8 heteroatoms. The Bertz CT molecular complexity index is 693. The van der Waals surface area contributed by atoms with E-state index in [2.05, 4.69) is 14.9 Å². The molecule has 0 saturated heterocycles. The SMILES string of the molecule is COc1cc(C(=O)NS(=O)(=O)C2(C)CC2)nnc1C1CC1. The van der Waals surface area contributed by atoms with E-state index in [4.69, 9.17) is 4.74 Å². The number of amides is 1. The summed E-state index contributed by atoms with van der Waals surface area (Å²) in [6.07, 6.45) is 3.18. The van der Waals surface area contributed by atoms with E-state index in [1.54, 1.807) is 6.92 Å². The number of carbonyl (C=O) groups is 1. The maximum atomic E-state index is 12.1. The van der Waals surface area contributed by atoms with Gasteiger partial charge in [-0.2, -0.15) is 5.10 Å². The molecule has 1 aromatic heterocycles. The van der Waals surface area contributed by atoms with E-state index >= 15 is 0 Å². The summed E-state index contributed by atoms with van der Waals surface area (Å²) in [6, 6.07) is 1.45. The predicted molar refractivity (Wildman–Crippen MR) is 74.6 cm³/mol. The second kappa shape index (κ2) is 4.66. The molecule has 1 aromatic rings. The molecule has 1 N–H and O–H groups in total. The monoisotopic (exact) mass is 311 g/mol. The third-order valence-corrected chi connectivity index (χ3v) is 6.19. The number of methoxy groups -OCH3 is 1. The molecule has 3 rings (SSSR count). The number of ether oxygens (including phenoxy) is 1. The van der Waals surface area contributed by atoms with E-state index in [1.807, 2.05) is 0 Å². The molecule has 0 spiro atoms. The van der Waals surface area contributed by atoms with E-state index in [1.165, 1.54) is 13.2 Å². The minimum atomic E-state index is -3.68. The van der Waals surface area contributed by atoms with Gasteiger partial charge in [0.1, 0.15) is 11.4 Å². The lowest BCUT2D eigenvalue weighted by Gasteiger charge is -2.12. The summed E-state index contributed by atoms with van der Waals surface area (Å²) in [6.45, 7) is 1.62. The Morgan fingerprint density at radius 2 is 2.05 bits per heavy atom. The summed E-state index contributed by atoms with van der Waals surface area (Å²) >= 11 is 0. The van der Waals surface area contributed by atoms with Crippen LogP contribution >= 0.6 is 0 Å². The summed E-state index contributed by atoms with van der Waals surface area (Å²) in [7, 11) is -2.18. The highest BCUT2D eigenvalue weighted by molar-refractivity contribution is 7.91. The molecule has 0 aromatic carbocycles. The van der Waals surface area contributed by atoms with Crippen LogP contribution in [0.1, 0.15) is 54.7 Å². The third-order valence-electron chi connectivity index (χ3n) is 4.03. The molecule has 7 nitrogen and oxygen atoms in total. The Balaban J connectivity index is 1.81. The summed E-state index contributed by atoms with van der Waals surface area (Å²) in [4.78, 5) is 12.1. The molecule has 1 amide bonds. The summed E-state index contributed by atoms with van der Waals surface area (Å²) < 4.78 is 30.5. The van der Waals surface area contributed by atoms with Crippen LogP contribution in [0.3, 0.4) is 0 Å². The number of nitrogens with zero attached hydrogens (tertiary/aromatic N) is 2. The Morgan fingerprint density at radius 1 is 1.38 bits per heavy atom. The van der Waals surface area contributed by atoms with Crippen molar-refractivity contribution in [2.45, 2.75) is 43.3 Å². The van der Waals surface area contributed by atoms with Crippen LogP contribution in [0.4, 0.5) is 0 Å². The minimum absolute atomic E-state index is 0.0518. The Kier molecular flexibility index (Phi) is 3.16. The molecule has 2 saturated carbocycles. The number of sulfonamides is 1. The molecule has 2 aliphatic carbocycles. The van der Waals surface area contributed by atoms with Gasteiger partial charge in [0.15, 0.2) is 5.69 Å². The van der Waals surface area contributed by atoms with Crippen LogP contribution in [-0.2, 0) is 10.0 Å². The van der Waals surface area contributed by atoms with Gasteiger partial charge in [-0.05, 0) is 32.6 Å². The summed E-state index contributed by atoms with van der Waals surface area (Å²) in [5.41, 5.74) is 0.676. The fourth-order valence-electron chi connectivity index (χ4n) is 2.04. The summed E-state index contributed by atoms with van der Waals surface area (Å²) in [5, 5.41) is 7.84. The highest BCUT2D eigenvalue weighted by Crippen LogP contribution is 2.43. The van der Waals surface area contributed by atoms with Gasteiger partial charge in [-0.15, -0.1) is 5.10 Å². The second-order valence-corrected chi connectivity index (χ2v) is 8.04. The maximum absolute atomic E-state index is 12.1. The fraction of sp³-hybridized carbons (Fsp3) is 0.615. The number of rotatable bonds is 5. The molecular weight excluding hydrogens is 294 g/mol. The van der Waals surface area contributed by atoms with Crippen LogP contribution in [0.25, 0.3) is 0 Å². The number of hydrogen-bond acceptors (Lipinski definition) is 6. The van der Waals surface area contributed by atoms with Gasteiger partial charge < -0.3 is 4.74 Å². The zero-order chi connectivity index (χ0) is 15.3. The first-order chi connectivity index (χ1) is 9.86. The number of hydrogen-bond donors (Lipinski definition) is 1. The van der Waals surface area contributed by atoms with E-state index < -0.39 is 20.7 Å². The first kappa shape index (κ1) is 14.2. The van der Waals surface area contributed by atoms with E-state index in [0.29, 0.717) is 24.5 Å². The van der Waals surface area contributed by atoms with Crippen LogP contribution in [0.15, 0.2) is 6.07 Å². The van der Waals surface area contributed by atoms with E-state index in [0.717, 1.165) is 18.5 Å². The van der Waals surface area contributed by atoms with Crippen molar-refractivity contribution in [2.24, 2.45) is 0 Å². The topological polar surface area (TPSA) is 98.2 Å². The van der Waals surface area contributed by atoms with Crippen molar-refractivity contribution < 1.29 is 17.9 Å². The first-order valence-electron chi connectivity index (χ1n) is 6.84. The van der Waals surface area contributed by atoms with Crippen molar-refractivity contribution in [3.05, 3.63) is 17.5 Å². The first-order valence-corrected chi connectivity index (χ1v) is 8.33. The van der Waals surface area contributed by atoms with Gasteiger partial charge in [0.25, 0.3) is 5.91 Å². The van der Waals surface area contributed by atoms with E-state index in [-0.39, 0.29) is 5.69 Å². The van der Waals surface area contributed by atoms with Gasteiger partial charge >= 0.3 is 0 Å². The second-order valence-electron chi connectivity index (χ2n) is 5.84. The standard InChI is InChI=1S/C13H17N3O4S/c1-13(5-6-13)21(18,19)16-12(17)9-7-10(20-2)11(15-14-9)8-3-4-8/h7-8H,3-6H2,1-2H3,(H,16,17). The van der Waals surface area contributed by atoms with Crippen LogP contribution in [0, 0.1) is 0 Å². The largest absolute Gasteiger partial charge is 0.495 e. The Morgan fingerprint density at radius 3 is 2.57 bits per heavy atom. The van der Waals surface area contributed by atoms with Crippen LogP contribution < -0.4 is 9.46 Å². The molecule has 114 valence electrons. The lowest BCUT2D eigenvalue weighted by atomic mass is 10.2. The molecule has 1 heterocycles. The van der Waals surface area contributed by atoms with Crippen LogP contribution in [0.2, 0.25) is 0 Å². The van der Waals surface area contributed by atoms with Crippen molar-refractivity contribution in [3.63, 3.8) is 0 Å². The molecule has 2 aliphatic rings. The highest BCUT2D eigenvalue weighted by Gasteiger charge is 2.51. The van der Waals surface area contributed by atoms with Crippen LogP contribution in [-0.4, -0.2) is 36.4 Å². The predicted octanol–water partition coefficient (Wildman–Crippen LogP) is 0.975. The molecule has 21 heavy (non-hydrogen) atoms. The maximum Gasteiger partial charge on any atom is 0.285 e. The van der Waals surface area contributed by atoms with Gasteiger partial charge in [-0.3, -0.25) is 4.79 Å². The van der Waals surface area contributed by atoms with Crippen molar-refractivity contribution in [1.29, 1.82) is 0 Å². The Labute approximate surface area is 123 Å². The average molecular weight is 311 g/mol. The van der Waals surface area contributed by atoms with Gasteiger partial charge in [0, 0.05) is 12.0 Å². The highest BCUT2D eigenvalue weighted by atomic mass is 32.2. The smallest absolute Gasteiger partial charge is 0.285 e. The molecule has 0 bridgehead atoms. The minimum Gasteiger partial charge on any atom is -0.495 e. The number of nitrogens with one attached hydrogen (secondary N) is 1. The van der Waals surface area contributed by atoms with E-state index in [9.17, 15) is 13.2 Å². The molecular formula is C13H17N3O4S. The normalized spacial score (nSPS) is 19.9. The summed E-state index contributed by atoms with van der Waals surface area (Å²) in [5.74, 6) is 0.0441. The van der Waals surface area contributed by atoms with Gasteiger partial charge in [-0.1, -0.05) is 0 Å². The van der Waals surface area contributed by atoms with Crippen molar-refractivity contribution in [2.75, 3.05) is 7.11 Å². The van der Waals surface area contributed by atoms with Crippen LogP contribution in [0.5, 0.6) is 5.75 Å². The average Bonchev–Trinajstić information content (AvgIpc) is 3.32. The van der Waals surface area contributed by atoms with Crippen molar-refractivity contribution in [3.8, 4) is 5.75 Å². The molecule has 0 unspecified atom stereocenters. The fourth-order valence-corrected chi connectivity index (χ4v) is 3.27. The van der Waals surface area contributed by atoms with Crippen molar-refractivity contribution >= 4 is 15.9 Å². The number of carbonyl (C=O) groups excluding carboxylic acids is 1. The van der Waals surface area contributed by atoms with Gasteiger partial charge in [-0.25, -0.2) is 13.1 Å². The lowest BCUT2D eigenvalue weighted by molar-refractivity contribution is 0.0974. The molecule has 0 radical (unpaired) electrons. The molecule has 0 aliphatic heterocycles. The van der Waals surface area contributed by atoms with Crippen molar-refractivity contribution in [1.82, 2.24) is 14.9 Å². The lowest BCUT2D eigenvalue weighted by Crippen LogP contribution is -2.38. The van der Waals surface area contributed by atoms with Gasteiger partial charge in [0.2, 0.25) is 10.0 Å². The third kappa shape index (κ3) is 2.59.